The predicted octanol–water partition coefficient (Wildman–Crippen LogP) is 5.40. The summed E-state index contributed by atoms with van der Waals surface area (Å²) in [6.07, 6.45) is 1.95. The second-order valence-corrected chi connectivity index (χ2v) is 11.2. The van der Waals surface area contributed by atoms with Crippen LogP contribution in [0.2, 0.25) is 5.02 Å². The van der Waals surface area contributed by atoms with Crippen LogP contribution in [0.4, 0.5) is 15.8 Å². The Hall–Kier alpha value is -2.94. The number of benzene rings is 3. The summed E-state index contributed by atoms with van der Waals surface area (Å²) in [4.78, 5) is 14.7. The molecule has 1 amide bonds. The predicted molar refractivity (Wildman–Crippen MR) is 137 cm³/mol. The Balaban J connectivity index is 1.65. The second-order valence-electron chi connectivity index (χ2n) is 8.87. The van der Waals surface area contributed by atoms with Gasteiger partial charge in [-0.2, -0.15) is 4.31 Å². The highest BCUT2D eigenvalue weighted by atomic mass is 35.5. The number of anilines is 2. The number of carbonyl (C=O) groups excluding carboxylic acids is 1. The van der Waals surface area contributed by atoms with E-state index < -0.39 is 15.8 Å². The maximum absolute atomic E-state index is 13.5. The van der Waals surface area contributed by atoms with Crippen molar-refractivity contribution in [2.24, 2.45) is 5.92 Å². The van der Waals surface area contributed by atoms with Gasteiger partial charge in [0, 0.05) is 38.6 Å². The van der Waals surface area contributed by atoms with Gasteiger partial charge in [0.25, 0.3) is 5.91 Å². The average Bonchev–Trinajstić information content (AvgIpc) is 3.63. The Kier molecular flexibility index (Phi) is 7.44. The summed E-state index contributed by atoms with van der Waals surface area (Å²) >= 11 is 6.16. The Bertz CT molecular complexity index is 1330. The van der Waals surface area contributed by atoms with E-state index in [0.29, 0.717) is 28.7 Å². The van der Waals surface area contributed by atoms with Crippen LogP contribution in [0.3, 0.4) is 0 Å². The van der Waals surface area contributed by atoms with E-state index in [0.717, 1.165) is 36.2 Å². The first-order chi connectivity index (χ1) is 16.6. The Morgan fingerprint density at radius 3 is 2.37 bits per heavy atom. The highest BCUT2D eigenvalue weighted by Crippen LogP contribution is 2.34. The van der Waals surface area contributed by atoms with E-state index in [4.69, 9.17) is 11.6 Å². The average molecular weight is 516 g/mol. The molecule has 0 atom stereocenters. The summed E-state index contributed by atoms with van der Waals surface area (Å²) < 4.78 is 41.8. The molecule has 184 valence electrons. The van der Waals surface area contributed by atoms with Crippen molar-refractivity contribution < 1.29 is 17.6 Å². The van der Waals surface area contributed by atoms with Gasteiger partial charge < -0.3 is 10.2 Å². The van der Waals surface area contributed by atoms with Crippen molar-refractivity contribution in [2.45, 2.75) is 24.3 Å². The quantitative estimate of drug-likeness (QED) is 0.414. The molecule has 4 rings (SSSR count). The molecule has 1 fully saturated rings. The van der Waals surface area contributed by atoms with Crippen LogP contribution in [0.5, 0.6) is 0 Å². The van der Waals surface area contributed by atoms with Gasteiger partial charge in [-0.3, -0.25) is 4.79 Å². The molecule has 0 spiro atoms. The first-order valence-corrected chi connectivity index (χ1v) is 13.1. The summed E-state index contributed by atoms with van der Waals surface area (Å²) in [5.41, 5.74) is 2.44. The zero-order valence-electron chi connectivity index (χ0n) is 19.5. The number of halogens is 2. The number of amides is 1. The van der Waals surface area contributed by atoms with E-state index in [2.05, 4.69) is 5.32 Å². The number of carbonyl (C=O) groups is 1. The summed E-state index contributed by atoms with van der Waals surface area (Å²) in [5, 5.41) is 3.20. The van der Waals surface area contributed by atoms with Crippen LogP contribution < -0.4 is 10.2 Å². The molecule has 1 N–H and O–H groups in total. The maximum Gasteiger partial charge on any atom is 0.257 e. The lowest BCUT2D eigenvalue weighted by Crippen LogP contribution is -2.33. The summed E-state index contributed by atoms with van der Waals surface area (Å²) in [6.45, 7) is 0.488. The van der Waals surface area contributed by atoms with Crippen LogP contribution in [-0.2, 0) is 16.6 Å². The van der Waals surface area contributed by atoms with E-state index in [9.17, 15) is 17.6 Å². The number of sulfonamides is 1. The molecule has 1 aliphatic carbocycles. The van der Waals surface area contributed by atoms with Gasteiger partial charge in [0.2, 0.25) is 10.0 Å². The van der Waals surface area contributed by atoms with Crippen molar-refractivity contribution in [3.63, 3.8) is 0 Å². The SMILES string of the molecule is CN(C)c1ccc(NC(=O)c2ccccc2Cl)cc1CN(CC1CC1)S(=O)(=O)c1ccc(F)cc1. The van der Waals surface area contributed by atoms with Gasteiger partial charge in [0.1, 0.15) is 5.82 Å². The van der Waals surface area contributed by atoms with Gasteiger partial charge in [-0.1, -0.05) is 23.7 Å². The van der Waals surface area contributed by atoms with Crippen molar-refractivity contribution in [2.75, 3.05) is 30.9 Å². The lowest BCUT2D eigenvalue weighted by Gasteiger charge is -2.26. The molecule has 3 aromatic carbocycles. The van der Waals surface area contributed by atoms with Crippen LogP contribution in [0.15, 0.2) is 71.6 Å². The van der Waals surface area contributed by atoms with E-state index in [1.165, 1.54) is 16.4 Å². The first kappa shape index (κ1) is 25.2. The van der Waals surface area contributed by atoms with Crippen LogP contribution in [0, 0.1) is 11.7 Å². The lowest BCUT2D eigenvalue weighted by molar-refractivity contribution is 0.102. The molecule has 6 nitrogen and oxygen atoms in total. The number of rotatable bonds is 9. The Morgan fingerprint density at radius 2 is 1.74 bits per heavy atom. The van der Waals surface area contributed by atoms with Crippen LogP contribution in [0.1, 0.15) is 28.8 Å². The molecule has 1 aliphatic rings. The molecule has 35 heavy (non-hydrogen) atoms. The van der Waals surface area contributed by atoms with Gasteiger partial charge in [0.15, 0.2) is 0 Å². The molecule has 9 heteroatoms. The summed E-state index contributed by atoms with van der Waals surface area (Å²) in [5.74, 6) is -0.543. The molecule has 0 radical (unpaired) electrons. The van der Waals surface area contributed by atoms with Crippen molar-refractivity contribution in [3.05, 3.63) is 88.7 Å². The van der Waals surface area contributed by atoms with E-state index in [1.807, 2.05) is 25.1 Å². The molecular formula is C26H27ClFN3O3S. The number of hydrogen-bond acceptors (Lipinski definition) is 4. The molecule has 0 aliphatic heterocycles. The van der Waals surface area contributed by atoms with Crippen LogP contribution in [-0.4, -0.2) is 39.3 Å². The Morgan fingerprint density at radius 1 is 1.06 bits per heavy atom. The molecule has 0 aromatic heterocycles. The molecular weight excluding hydrogens is 489 g/mol. The highest BCUT2D eigenvalue weighted by molar-refractivity contribution is 7.89. The molecule has 0 bridgehead atoms. The normalized spacial score (nSPS) is 13.6. The minimum absolute atomic E-state index is 0.0501. The maximum atomic E-state index is 13.5. The van der Waals surface area contributed by atoms with Crippen molar-refractivity contribution in [1.29, 1.82) is 0 Å². The molecule has 3 aromatic rings. The van der Waals surface area contributed by atoms with E-state index in [1.54, 1.807) is 36.4 Å². The third-order valence-electron chi connectivity index (χ3n) is 5.89. The second kappa shape index (κ2) is 10.4. The smallest absolute Gasteiger partial charge is 0.257 e. The third-order valence-corrected chi connectivity index (χ3v) is 8.05. The standard InChI is InChI=1S/C26H27ClFN3O3S/c1-30(2)25-14-11-21(29-26(32)23-5-3-4-6-24(23)27)15-19(25)17-31(16-18-7-8-18)35(33,34)22-12-9-20(28)10-13-22/h3-6,9-15,18H,7-8,16-17H2,1-2H3,(H,29,32). The molecule has 0 unspecified atom stereocenters. The minimum Gasteiger partial charge on any atom is -0.377 e. The number of hydrogen-bond donors (Lipinski definition) is 1. The fourth-order valence-corrected chi connectivity index (χ4v) is 5.57. The van der Waals surface area contributed by atoms with Crippen molar-refractivity contribution in [3.8, 4) is 0 Å². The Labute approximate surface area is 210 Å². The molecule has 0 heterocycles. The fourth-order valence-electron chi connectivity index (χ4n) is 3.85. The largest absolute Gasteiger partial charge is 0.377 e. The monoisotopic (exact) mass is 515 g/mol. The zero-order valence-corrected chi connectivity index (χ0v) is 21.1. The van der Waals surface area contributed by atoms with Gasteiger partial charge in [-0.15, -0.1) is 0 Å². The van der Waals surface area contributed by atoms with Gasteiger partial charge in [0.05, 0.1) is 15.5 Å². The van der Waals surface area contributed by atoms with Crippen LogP contribution in [0.25, 0.3) is 0 Å². The van der Waals surface area contributed by atoms with Gasteiger partial charge in [-0.05, 0) is 78.9 Å². The fraction of sp³-hybridized carbons (Fsp3) is 0.269. The summed E-state index contributed by atoms with van der Waals surface area (Å²) in [6, 6.07) is 17.0. The highest BCUT2D eigenvalue weighted by Gasteiger charge is 2.32. The minimum atomic E-state index is -3.85. The van der Waals surface area contributed by atoms with Gasteiger partial charge in [-0.25, -0.2) is 12.8 Å². The van der Waals surface area contributed by atoms with Crippen molar-refractivity contribution >= 4 is 38.9 Å². The third kappa shape index (κ3) is 6.01. The molecule has 0 saturated heterocycles. The van der Waals surface area contributed by atoms with E-state index in [-0.39, 0.29) is 17.3 Å². The van der Waals surface area contributed by atoms with Gasteiger partial charge >= 0.3 is 0 Å². The molecule has 1 saturated carbocycles. The van der Waals surface area contributed by atoms with E-state index >= 15 is 0 Å². The number of nitrogens with one attached hydrogen (secondary N) is 1. The zero-order chi connectivity index (χ0) is 25.2. The lowest BCUT2D eigenvalue weighted by atomic mass is 10.1. The first-order valence-electron chi connectivity index (χ1n) is 11.3. The van der Waals surface area contributed by atoms with Crippen LogP contribution >= 0.6 is 11.6 Å². The summed E-state index contributed by atoms with van der Waals surface area (Å²) in [7, 11) is -0.104. The topological polar surface area (TPSA) is 69.7 Å². The van der Waals surface area contributed by atoms with Crippen molar-refractivity contribution in [1.82, 2.24) is 4.31 Å². The number of nitrogens with zero attached hydrogens (tertiary/aromatic N) is 2.